The molecule has 0 fully saturated rings. The summed E-state index contributed by atoms with van der Waals surface area (Å²) < 4.78 is 34.2. The van der Waals surface area contributed by atoms with Crippen molar-refractivity contribution in [3.8, 4) is 0 Å². The van der Waals surface area contributed by atoms with Crippen LogP contribution in [-0.2, 0) is 57.2 Å². The Morgan fingerprint density at radius 2 is 0.333 bits per heavy atom. The topological polar surface area (TPSA) is 255 Å². The van der Waals surface area contributed by atoms with Crippen molar-refractivity contribution < 1.29 is 71.6 Å². The van der Waals surface area contributed by atoms with Gasteiger partial charge in [0.2, 0.25) is 0 Å². The average molecular weight is 2210 g/mol. The monoisotopic (exact) mass is 2200 g/mol. The number of rotatable bonds is 111. The van der Waals surface area contributed by atoms with E-state index in [-0.39, 0.29) is 111 Å². The molecule has 0 aromatic heterocycles. The fourth-order valence-electron chi connectivity index (χ4n) is 15.4. The maximum atomic E-state index is 14.5. The summed E-state index contributed by atoms with van der Waals surface area (Å²) >= 11 is 0. The third-order valence-corrected chi connectivity index (χ3v) is 38.6. The molecular formula is C108H198N6O15S12. The molecule has 3 amide bonds. The van der Waals surface area contributed by atoms with Gasteiger partial charge in [0.1, 0.15) is 39.6 Å². The minimum atomic E-state index is -0.516. The van der Waals surface area contributed by atoms with Crippen LogP contribution in [0.25, 0.3) is 0 Å². The van der Waals surface area contributed by atoms with Gasteiger partial charge in [-0.25, -0.2) is 0 Å². The van der Waals surface area contributed by atoms with Crippen molar-refractivity contribution >= 4 is 183 Å². The Kier molecular flexibility index (Phi) is 107. The number of carbonyl (C=O) groups is 9. The first kappa shape index (κ1) is 138. The third kappa shape index (κ3) is 96.6. The van der Waals surface area contributed by atoms with Gasteiger partial charge in [-0.15, -0.1) is 0 Å². The molecule has 0 aliphatic carbocycles. The van der Waals surface area contributed by atoms with Crippen LogP contribution in [0, 0.1) is 0 Å². The number of benzene rings is 1. The van der Waals surface area contributed by atoms with E-state index in [1.54, 1.807) is 64.8 Å². The fraction of sp³-hybridized carbons (Fsp3) is 0.861. The van der Waals surface area contributed by atoms with E-state index in [0.29, 0.717) is 152 Å². The van der Waals surface area contributed by atoms with Crippen LogP contribution in [-0.4, -0.2) is 255 Å². The van der Waals surface area contributed by atoms with Crippen molar-refractivity contribution in [1.29, 1.82) is 0 Å². The molecule has 0 heterocycles. The highest BCUT2D eigenvalue weighted by Gasteiger charge is 2.22. The van der Waals surface area contributed by atoms with E-state index in [1.165, 1.54) is 326 Å². The van der Waals surface area contributed by atoms with Gasteiger partial charge in [0.05, 0.1) is 38.5 Å². The van der Waals surface area contributed by atoms with Crippen molar-refractivity contribution in [2.24, 2.45) is 0 Å². The second-order valence-electron chi connectivity index (χ2n) is 36.7. The number of esters is 6. The second-order valence-corrected chi connectivity index (χ2v) is 52.9. The zero-order chi connectivity index (χ0) is 102. The molecule has 1 aromatic carbocycles. The first-order valence-electron chi connectivity index (χ1n) is 55.8. The van der Waals surface area contributed by atoms with E-state index in [0.717, 1.165) is 34.5 Å². The van der Waals surface area contributed by atoms with Gasteiger partial charge < -0.3 is 59.1 Å². The summed E-state index contributed by atoms with van der Waals surface area (Å²) in [7, 11) is 21.3. The van der Waals surface area contributed by atoms with Crippen LogP contribution in [0.15, 0.2) is 18.2 Å². The molecule has 0 unspecified atom stereocenters. The van der Waals surface area contributed by atoms with Gasteiger partial charge in [0.25, 0.3) is 17.7 Å². The van der Waals surface area contributed by atoms with E-state index in [2.05, 4.69) is 57.5 Å². The summed E-state index contributed by atoms with van der Waals surface area (Å²) in [6.45, 7) is 19.2. The Morgan fingerprint density at radius 1 is 0.191 bits per heavy atom. The largest absolute Gasteiger partial charge is 0.465 e. The van der Waals surface area contributed by atoms with E-state index >= 15 is 0 Å². The SMILES string of the molecule is CCCCCCCCCCSSCCOC(=O)CCN(CCCNC(=O)c1cc(C(=O)NCCCN(CCC(=O)OCCSSCCCCCCCCCC)CCC(=O)OCCSSCCCCCCCCCC)cc(C(=O)NCCCN(CCC(=O)OCCSSCCCCCCCCCC)CCC(=O)OCCSSCCCCCCCCCC)c1)CCC(=O)OCCSSCCCCCCCCCC. The molecule has 21 nitrogen and oxygen atoms in total. The highest BCUT2D eigenvalue weighted by Crippen LogP contribution is 2.30. The number of carbonyl (C=O) groups excluding carboxylic acids is 9. The lowest BCUT2D eigenvalue weighted by molar-refractivity contribution is -0.145. The van der Waals surface area contributed by atoms with Crippen molar-refractivity contribution in [1.82, 2.24) is 30.7 Å². The molecule has 0 aliphatic heterocycles. The summed E-state index contributed by atoms with van der Waals surface area (Å²) in [5.74, 6) is 7.11. The van der Waals surface area contributed by atoms with Crippen LogP contribution in [0.5, 0.6) is 0 Å². The predicted molar refractivity (Wildman–Crippen MR) is 625 cm³/mol. The van der Waals surface area contributed by atoms with Gasteiger partial charge in [-0.2, -0.15) is 0 Å². The highest BCUT2D eigenvalue weighted by molar-refractivity contribution is 8.78. The fourth-order valence-corrected chi connectivity index (χ4v) is 27.2. The van der Waals surface area contributed by atoms with Crippen LogP contribution in [0.3, 0.4) is 0 Å². The van der Waals surface area contributed by atoms with Crippen molar-refractivity contribution in [2.45, 2.75) is 408 Å². The highest BCUT2D eigenvalue weighted by atomic mass is 33.1. The van der Waals surface area contributed by atoms with Gasteiger partial charge in [0.15, 0.2) is 0 Å². The minimum absolute atomic E-state index is 0.0825. The molecule has 1 rings (SSSR count). The number of unbranched alkanes of at least 4 members (excludes halogenated alkanes) is 42. The molecule has 1 aromatic rings. The number of hydrogen-bond acceptors (Lipinski definition) is 30. The molecule has 0 spiro atoms. The summed E-state index contributed by atoms with van der Waals surface area (Å²) in [6, 6.07) is 4.42. The van der Waals surface area contributed by atoms with Gasteiger partial charge in [-0.05, 0) is 95.6 Å². The zero-order valence-electron chi connectivity index (χ0n) is 89.1. The third-order valence-electron chi connectivity index (χ3n) is 23.9. The number of nitrogens with zero attached hydrogens (tertiary/aromatic N) is 3. The van der Waals surface area contributed by atoms with Crippen molar-refractivity contribution in [2.75, 3.05) is 187 Å². The molecule has 0 atom stereocenters. The molecule has 0 saturated heterocycles. The molecule has 0 bridgehead atoms. The van der Waals surface area contributed by atoms with Gasteiger partial charge in [-0.1, -0.05) is 441 Å². The van der Waals surface area contributed by atoms with Crippen LogP contribution in [0.2, 0.25) is 0 Å². The Hall–Kier alpha value is -1.47. The number of hydrogen-bond donors (Lipinski definition) is 3. The number of amides is 3. The van der Waals surface area contributed by atoms with Gasteiger partial charge in [-0.3, -0.25) is 43.2 Å². The lowest BCUT2D eigenvalue weighted by atomic mass is 10.0. The first-order valence-corrected chi connectivity index (χ1v) is 70.7. The minimum Gasteiger partial charge on any atom is -0.465 e. The molecule has 0 aliphatic rings. The number of ether oxygens (including phenoxy) is 6. The lowest BCUT2D eigenvalue weighted by Crippen LogP contribution is -2.34. The molecule has 822 valence electrons. The van der Waals surface area contributed by atoms with Gasteiger partial charge >= 0.3 is 35.8 Å². The average Bonchev–Trinajstić information content (AvgIpc) is 0.824. The molecule has 33 heteroatoms. The summed E-state index contributed by atoms with van der Waals surface area (Å²) in [6.07, 6.45) is 63.4. The second kappa shape index (κ2) is 110. The van der Waals surface area contributed by atoms with E-state index < -0.39 is 17.7 Å². The standard InChI is InChI=1S/C108H198N6O15S12/c1-7-13-19-25-31-37-43-49-82-130-136-88-76-124-100(115)58-70-112(71-59-101(116)125-77-89-137-131-83-50-44-38-32-26-20-14-8-2)67-55-64-109-106(121)97-94-98(107(122)110-65-56-68-113(72-60-102(117)126-78-90-138-132-84-51-45-39-33-27-21-15-9-3)73-61-103(118)127-79-91-139-133-85-52-46-40-34-28-22-16-10-4)96-99(95-97)108(123)111-66-57-69-114(74-62-104(119)128-80-92-140-134-86-53-47-41-35-29-23-17-11-5)75-63-105(120)129-81-93-141-135-87-54-48-42-36-30-24-18-12-6/h94-96H,7-93H2,1-6H3,(H,109,121)(H,110,122)(H,111,123). The predicted octanol–water partition coefficient (Wildman–Crippen LogP) is 29.7. The Bertz CT molecular complexity index is 2630. The Balaban J connectivity index is 3.48. The van der Waals surface area contributed by atoms with Crippen molar-refractivity contribution in [3.05, 3.63) is 34.9 Å². The quantitative estimate of drug-likeness (QED) is 0.0237. The van der Waals surface area contributed by atoms with E-state index in [4.69, 9.17) is 28.4 Å². The van der Waals surface area contributed by atoms with Gasteiger partial charge in [0, 0.05) is 145 Å². The van der Waals surface area contributed by atoms with E-state index in [1.807, 2.05) is 79.5 Å². The zero-order valence-corrected chi connectivity index (χ0v) is 98.9. The smallest absolute Gasteiger partial charge is 0.307 e. The van der Waals surface area contributed by atoms with Crippen LogP contribution >= 0.6 is 130 Å². The Labute approximate surface area is 907 Å². The summed E-state index contributed by atoms with van der Waals surface area (Å²) in [5, 5.41) is 9.06. The number of nitrogens with one attached hydrogen (secondary N) is 3. The van der Waals surface area contributed by atoms with Crippen LogP contribution in [0.4, 0.5) is 0 Å². The summed E-state index contributed by atoms with van der Waals surface area (Å²) in [5.41, 5.74) is 0.248. The van der Waals surface area contributed by atoms with E-state index in [9.17, 15) is 43.2 Å². The maximum absolute atomic E-state index is 14.5. The van der Waals surface area contributed by atoms with Crippen molar-refractivity contribution in [3.63, 3.8) is 0 Å². The molecule has 3 N–H and O–H groups in total. The van der Waals surface area contributed by atoms with Crippen LogP contribution in [0.1, 0.15) is 439 Å². The summed E-state index contributed by atoms with van der Waals surface area (Å²) in [4.78, 5) is 129. The molecule has 0 radical (unpaired) electrons. The first-order chi connectivity index (χ1) is 69.2. The normalized spacial score (nSPS) is 11.5. The Morgan fingerprint density at radius 3 is 0.489 bits per heavy atom. The van der Waals surface area contributed by atoms with Crippen LogP contribution < -0.4 is 16.0 Å². The lowest BCUT2D eigenvalue weighted by Gasteiger charge is -2.22. The molecule has 141 heavy (non-hydrogen) atoms. The molecule has 0 saturated carbocycles. The molecular weight excluding hydrogens is 2010 g/mol. The maximum Gasteiger partial charge on any atom is 0.307 e.